The van der Waals surface area contributed by atoms with Crippen LogP contribution in [-0.2, 0) is 11.3 Å². The molecule has 0 spiro atoms. The van der Waals surface area contributed by atoms with E-state index in [9.17, 15) is 18.0 Å². The summed E-state index contributed by atoms with van der Waals surface area (Å²) >= 11 is 0. The second kappa shape index (κ2) is 4.52. The molecule has 1 heterocycles. The summed E-state index contributed by atoms with van der Waals surface area (Å²) in [5, 5.41) is 11.8. The Bertz CT molecular complexity index is 385. The first kappa shape index (κ1) is 12.5. The van der Waals surface area contributed by atoms with Crippen LogP contribution in [0.3, 0.4) is 0 Å². The van der Waals surface area contributed by atoms with E-state index in [1.54, 1.807) is 0 Å². The van der Waals surface area contributed by atoms with Gasteiger partial charge in [0.2, 0.25) is 0 Å². The van der Waals surface area contributed by atoms with Crippen LogP contribution >= 0.6 is 0 Å². The first-order valence-corrected chi connectivity index (χ1v) is 4.14. The molecule has 0 aromatic carbocycles. The molecule has 0 amide bonds. The van der Waals surface area contributed by atoms with Crippen molar-refractivity contribution < 1.29 is 32.3 Å². The highest BCUT2D eigenvalue weighted by Gasteiger charge is 2.28. The summed E-state index contributed by atoms with van der Waals surface area (Å²) in [6.45, 7) is -0.557. The van der Waals surface area contributed by atoms with Crippen molar-refractivity contribution >= 4 is 5.97 Å². The molecule has 0 saturated heterocycles. The van der Waals surface area contributed by atoms with E-state index < -0.39 is 31.1 Å². The monoisotopic (exact) mass is 239 g/mol. The van der Waals surface area contributed by atoms with Gasteiger partial charge in [-0.2, -0.15) is 13.2 Å². The molecular weight excluding hydrogens is 231 g/mol. The molecular formula is C8H8F3NO4. The van der Waals surface area contributed by atoms with Gasteiger partial charge in [-0.3, -0.25) is 0 Å². The lowest BCUT2D eigenvalue weighted by Gasteiger charge is -2.06. The molecule has 0 saturated carbocycles. The quantitative estimate of drug-likeness (QED) is 0.866. The van der Waals surface area contributed by atoms with E-state index >= 15 is 0 Å². The number of nitrogens with zero attached hydrogens (tertiary/aromatic N) is 1. The predicted molar refractivity (Wildman–Crippen MR) is 43.9 cm³/mol. The highest BCUT2D eigenvalue weighted by molar-refractivity contribution is 5.87. The largest absolute Gasteiger partial charge is 0.476 e. The van der Waals surface area contributed by atoms with Gasteiger partial charge >= 0.3 is 12.1 Å². The van der Waals surface area contributed by atoms with Gasteiger partial charge in [0.05, 0.1) is 12.2 Å². The number of rotatable bonds is 4. The van der Waals surface area contributed by atoms with Crippen LogP contribution in [0.2, 0.25) is 0 Å². The maximum absolute atomic E-state index is 11.8. The lowest BCUT2D eigenvalue weighted by Crippen LogP contribution is -2.17. The molecule has 0 aliphatic heterocycles. The van der Waals surface area contributed by atoms with Gasteiger partial charge in [-0.05, 0) is 6.92 Å². The fraction of sp³-hybridized carbons (Fsp3) is 0.500. The highest BCUT2D eigenvalue weighted by Crippen LogP contribution is 2.18. The van der Waals surface area contributed by atoms with Crippen molar-refractivity contribution in [3.63, 3.8) is 0 Å². The minimum Gasteiger partial charge on any atom is -0.476 e. The summed E-state index contributed by atoms with van der Waals surface area (Å²) in [6.07, 6.45) is -4.45. The van der Waals surface area contributed by atoms with Gasteiger partial charge in [0.15, 0.2) is 5.69 Å². The number of aryl methyl sites for hydroxylation is 1. The first-order chi connectivity index (χ1) is 7.31. The van der Waals surface area contributed by atoms with Crippen molar-refractivity contribution in [3.05, 3.63) is 17.0 Å². The van der Waals surface area contributed by atoms with Crippen molar-refractivity contribution in [2.24, 2.45) is 0 Å². The van der Waals surface area contributed by atoms with E-state index in [0.717, 1.165) is 0 Å². The second-order valence-electron chi connectivity index (χ2n) is 2.98. The molecule has 0 bridgehead atoms. The third kappa shape index (κ3) is 3.23. The molecule has 0 atom stereocenters. The fourth-order valence-electron chi connectivity index (χ4n) is 0.998. The molecule has 8 heteroatoms. The number of carboxylic acid groups (broad SMARTS) is 1. The SMILES string of the molecule is Cc1onc(C(=O)O)c1COCC(F)(F)F. The summed E-state index contributed by atoms with van der Waals surface area (Å²) < 4.78 is 44.2. The van der Waals surface area contributed by atoms with E-state index in [1.165, 1.54) is 6.92 Å². The predicted octanol–water partition coefficient (Wildman–Crippen LogP) is 1.76. The lowest BCUT2D eigenvalue weighted by molar-refractivity contribution is -0.176. The first-order valence-electron chi connectivity index (χ1n) is 4.14. The normalized spacial score (nSPS) is 11.8. The van der Waals surface area contributed by atoms with Crippen molar-refractivity contribution in [2.45, 2.75) is 19.7 Å². The highest BCUT2D eigenvalue weighted by atomic mass is 19.4. The number of alkyl halides is 3. The van der Waals surface area contributed by atoms with Crippen LogP contribution in [0.4, 0.5) is 13.2 Å². The summed E-state index contributed by atoms with van der Waals surface area (Å²) in [4.78, 5) is 10.6. The average molecular weight is 239 g/mol. The Kier molecular flexibility index (Phi) is 3.53. The zero-order valence-corrected chi connectivity index (χ0v) is 8.17. The molecule has 0 radical (unpaired) electrons. The molecule has 90 valence electrons. The van der Waals surface area contributed by atoms with Crippen LogP contribution in [-0.4, -0.2) is 29.0 Å². The van der Waals surface area contributed by atoms with Gasteiger partial charge < -0.3 is 14.4 Å². The Morgan fingerprint density at radius 3 is 2.69 bits per heavy atom. The molecule has 1 aromatic rings. The van der Waals surface area contributed by atoms with Gasteiger partial charge in [0.1, 0.15) is 12.4 Å². The van der Waals surface area contributed by atoms with Crippen LogP contribution in [0.5, 0.6) is 0 Å². The standard InChI is InChI=1S/C8H8F3NO4/c1-4-5(2-15-3-8(9,10)11)6(7(13)14)12-16-4/h2-3H2,1H3,(H,13,14). The van der Waals surface area contributed by atoms with Gasteiger partial charge in [-0.15, -0.1) is 0 Å². The van der Waals surface area contributed by atoms with E-state index in [2.05, 4.69) is 14.4 Å². The minimum absolute atomic E-state index is 0.0109. The van der Waals surface area contributed by atoms with Crippen LogP contribution in [0.1, 0.15) is 21.8 Å². The zero-order chi connectivity index (χ0) is 12.3. The van der Waals surface area contributed by atoms with Crippen LogP contribution in [0.15, 0.2) is 4.52 Å². The maximum atomic E-state index is 11.8. The Morgan fingerprint density at radius 1 is 1.56 bits per heavy atom. The molecule has 0 unspecified atom stereocenters. The number of ether oxygens (including phenoxy) is 1. The third-order valence-electron chi connectivity index (χ3n) is 1.70. The van der Waals surface area contributed by atoms with E-state index in [4.69, 9.17) is 5.11 Å². The smallest absolute Gasteiger partial charge is 0.411 e. The topological polar surface area (TPSA) is 72.6 Å². The van der Waals surface area contributed by atoms with Crippen LogP contribution in [0, 0.1) is 6.92 Å². The van der Waals surface area contributed by atoms with Crippen molar-refractivity contribution in [1.82, 2.24) is 5.16 Å². The summed E-state index contributed by atoms with van der Waals surface area (Å²) in [5.41, 5.74) is -0.420. The van der Waals surface area contributed by atoms with Crippen molar-refractivity contribution in [3.8, 4) is 0 Å². The third-order valence-corrected chi connectivity index (χ3v) is 1.70. The zero-order valence-electron chi connectivity index (χ0n) is 8.17. The van der Waals surface area contributed by atoms with Gasteiger partial charge in [0, 0.05) is 0 Å². The Hall–Kier alpha value is -1.57. The Balaban J connectivity index is 2.66. The number of halogens is 3. The molecule has 5 nitrogen and oxygen atoms in total. The Labute approximate surface area is 87.8 Å². The van der Waals surface area contributed by atoms with Crippen molar-refractivity contribution in [2.75, 3.05) is 6.61 Å². The van der Waals surface area contributed by atoms with Crippen LogP contribution in [0.25, 0.3) is 0 Å². The number of carboxylic acids is 1. The number of hydrogen-bond acceptors (Lipinski definition) is 4. The summed E-state index contributed by atoms with van der Waals surface area (Å²) in [6, 6.07) is 0. The minimum atomic E-state index is -4.45. The summed E-state index contributed by atoms with van der Waals surface area (Å²) in [5.74, 6) is -1.25. The van der Waals surface area contributed by atoms with E-state index in [-0.39, 0.29) is 11.3 Å². The van der Waals surface area contributed by atoms with E-state index in [1.807, 2.05) is 0 Å². The second-order valence-corrected chi connectivity index (χ2v) is 2.98. The molecule has 1 rings (SSSR count). The van der Waals surface area contributed by atoms with E-state index in [0.29, 0.717) is 0 Å². The molecule has 0 fully saturated rings. The fourth-order valence-corrected chi connectivity index (χ4v) is 0.998. The number of aromatic carboxylic acids is 1. The Morgan fingerprint density at radius 2 is 2.19 bits per heavy atom. The van der Waals surface area contributed by atoms with Gasteiger partial charge in [0.25, 0.3) is 0 Å². The molecule has 1 aromatic heterocycles. The van der Waals surface area contributed by atoms with Gasteiger partial charge in [-0.25, -0.2) is 4.79 Å². The number of aromatic nitrogens is 1. The van der Waals surface area contributed by atoms with Crippen LogP contribution < -0.4 is 0 Å². The molecule has 0 aliphatic rings. The molecule has 1 N–H and O–H groups in total. The lowest BCUT2D eigenvalue weighted by atomic mass is 10.2. The van der Waals surface area contributed by atoms with Gasteiger partial charge in [-0.1, -0.05) is 5.16 Å². The average Bonchev–Trinajstić information content (AvgIpc) is 2.46. The summed E-state index contributed by atoms with van der Waals surface area (Å²) in [7, 11) is 0. The maximum Gasteiger partial charge on any atom is 0.411 e. The molecule has 0 aliphatic carbocycles. The van der Waals surface area contributed by atoms with Crippen molar-refractivity contribution in [1.29, 1.82) is 0 Å². The number of carbonyl (C=O) groups is 1. The number of hydrogen-bond donors (Lipinski definition) is 1. The molecule has 16 heavy (non-hydrogen) atoms.